The van der Waals surface area contributed by atoms with Crippen molar-refractivity contribution in [1.82, 2.24) is 16.0 Å². The molecule has 6 fully saturated rings. The normalized spacial score (nSPS) is 39.2. The molecule has 0 aromatic heterocycles. The molecule has 358 valence electrons. The maximum Gasteiger partial charge on any atom is 0.302 e. The highest BCUT2D eigenvalue weighted by Gasteiger charge is 2.45. The lowest BCUT2D eigenvalue weighted by Gasteiger charge is -2.46. The van der Waals surface area contributed by atoms with Crippen molar-refractivity contribution in [2.75, 3.05) is 32.8 Å². The molecule has 0 aromatic carbocycles. The van der Waals surface area contributed by atoms with Gasteiger partial charge in [0.1, 0.15) is 12.2 Å². The van der Waals surface area contributed by atoms with Crippen LogP contribution in [0.4, 0.5) is 0 Å². The molecular weight excluding hydrogens is 789 g/mol. The predicted molar refractivity (Wildman–Crippen MR) is 242 cm³/mol. The molecule has 6 aliphatic rings. The van der Waals surface area contributed by atoms with Gasteiger partial charge in [-0.25, -0.2) is 0 Å². The molecule has 14 nitrogen and oxygen atoms in total. The smallest absolute Gasteiger partial charge is 0.302 e. The molecule has 0 amide bonds. The summed E-state index contributed by atoms with van der Waals surface area (Å²) in [5.74, 6) is 2.10. The van der Waals surface area contributed by atoms with E-state index in [-0.39, 0.29) is 60.5 Å². The average Bonchev–Trinajstić information content (AvgIpc) is 3.25. The molecule has 0 spiro atoms. The van der Waals surface area contributed by atoms with E-state index in [1.807, 2.05) is 0 Å². The van der Waals surface area contributed by atoms with Gasteiger partial charge in [-0.15, -0.1) is 0 Å². The number of unbranched alkanes of at least 4 members (excludes halogenated alkanes) is 2. The number of nitrogens with zero attached hydrogens (tertiary/aromatic N) is 1. The van der Waals surface area contributed by atoms with Crippen LogP contribution in [0.5, 0.6) is 0 Å². The summed E-state index contributed by atoms with van der Waals surface area (Å²) >= 11 is 0. The number of guanidine groups is 1. The maximum absolute atomic E-state index is 12.4. The average molecular weight is 877 g/mol. The van der Waals surface area contributed by atoms with Crippen molar-refractivity contribution in [2.45, 2.75) is 229 Å². The van der Waals surface area contributed by atoms with Crippen LogP contribution in [-0.2, 0) is 23.7 Å². The Kier molecular flexibility index (Phi) is 20.8. The molecule has 14 heteroatoms. The van der Waals surface area contributed by atoms with E-state index in [1.165, 1.54) is 26.2 Å². The van der Waals surface area contributed by atoms with Gasteiger partial charge in [-0.3, -0.25) is 9.79 Å². The second kappa shape index (κ2) is 25.9. The molecule has 3 saturated heterocycles. The number of aliphatic hydroxyl groups is 3. The first-order valence-electron chi connectivity index (χ1n) is 25.4. The van der Waals surface area contributed by atoms with Gasteiger partial charge < -0.3 is 61.7 Å². The number of nitrogens with one attached hydrogen (secondary N) is 3. The van der Waals surface area contributed by atoms with Crippen LogP contribution in [0.3, 0.4) is 0 Å². The maximum atomic E-state index is 12.4. The predicted octanol–water partition coefficient (Wildman–Crippen LogP) is 4.79. The van der Waals surface area contributed by atoms with E-state index >= 15 is 0 Å². The zero-order chi connectivity index (χ0) is 43.8. The van der Waals surface area contributed by atoms with E-state index in [0.717, 1.165) is 129 Å². The first kappa shape index (κ1) is 49.8. The van der Waals surface area contributed by atoms with Crippen molar-refractivity contribution in [3.05, 3.63) is 0 Å². The van der Waals surface area contributed by atoms with Crippen LogP contribution >= 0.6 is 0 Å². The molecule has 0 bridgehead atoms. The molecule has 16 unspecified atom stereocenters. The van der Waals surface area contributed by atoms with Gasteiger partial charge in [0.05, 0.1) is 48.9 Å². The summed E-state index contributed by atoms with van der Waals surface area (Å²) in [5.41, 5.74) is 12.5. The van der Waals surface area contributed by atoms with E-state index < -0.39 is 24.4 Å². The Morgan fingerprint density at radius 1 is 0.855 bits per heavy atom. The minimum atomic E-state index is -0.925. The van der Waals surface area contributed by atoms with Crippen LogP contribution in [-0.4, -0.2) is 127 Å². The topological polar surface area (TPSA) is 215 Å². The molecule has 16 atom stereocenters. The van der Waals surface area contributed by atoms with E-state index in [9.17, 15) is 20.1 Å². The number of carbonyl (C=O) groups is 1. The van der Waals surface area contributed by atoms with Crippen molar-refractivity contribution >= 4 is 11.9 Å². The Morgan fingerprint density at radius 2 is 1.73 bits per heavy atom. The Morgan fingerprint density at radius 3 is 2.52 bits per heavy atom. The highest BCUT2D eigenvalue weighted by atomic mass is 16.6. The van der Waals surface area contributed by atoms with Crippen molar-refractivity contribution in [3.63, 3.8) is 0 Å². The third-order valence-electron chi connectivity index (χ3n) is 15.5. The SMILES string of the molecule is CCCCCC(CC1CCC(O)C(OC2CCCC(NC(N)=NCCCC3CCNC(N)C3)C2)C1)C1CC(OC(C)=O)CC(C2CC(O)C(O)C(OCCC3CCCNC3)C2)O1. The van der Waals surface area contributed by atoms with Crippen LogP contribution in [0.25, 0.3) is 0 Å². The van der Waals surface area contributed by atoms with Crippen molar-refractivity contribution in [1.29, 1.82) is 0 Å². The molecule has 3 heterocycles. The highest BCUT2D eigenvalue weighted by molar-refractivity contribution is 5.78. The van der Waals surface area contributed by atoms with Crippen molar-refractivity contribution in [2.24, 2.45) is 46.0 Å². The number of esters is 1. The van der Waals surface area contributed by atoms with Gasteiger partial charge in [0.2, 0.25) is 0 Å². The molecule has 0 aromatic rings. The minimum absolute atomic E-state index is 0.0194. The number of piperidine rings is 2. The number of hydrogen-bond donors (Lipinski definition) is 8. The van der Waals surface area contributed by atoms with Crippen LogP contribution < -0.4 is 27.4 Å². The monoisotopic (exact) mass is 877 g/mol. The van der Waals surface area contributed by atoms with Crippen molar-refractivity contribution in [3.8, 4) is 0 Å². The lowest BCUT2D eigenvalue weighted by Crippen LogP contribution is -2.52. The summed E-state index contributed by atoms with van der Waals surface area (Å²) in [6.07, 6.45) is 18.4. The fourth-order valence-electron chi connectivity index (χ4n) is 12.0. The Hall–Kier alpha value is -1.62. The Labute approximate surface area is 373 Å². The fourth-order valence-corrected chi connectivity index (χ4v) is 12.0. The number of aliphatic hydroxyl groups excluding tert-OH is 3. The molecule has 3 saturated carbocycles. The van der Waals surface area contributed by atoms with Crippen LogP contribution in [0, 0.1) is 29.6 Å². The fraction of sp³-hybridized carbons (Fsp3) is 0.958. The second-order valence-electron chi connectivity index (χ2n) is 20.5. The Bertz CT molecular complexity index is 1330. The number of carbonyl (C=O) groups excluding carboxylic acids is 1. The molecule has 10 N–H and O–H groups in total. The summed E-state index contributed by atoms with van der Waals surface area (Å²) in [6.45, 7) is 8.08. The largest absolute Gasteiger partial charge is 0.462 e. The first-order chi connectivity index (χ1) is 30.0. The summed E-state index contributed by atoms with van der Waals surface area (Å²) < 4.78 is 26.2. The number of rotatable bonds is 20. The van der Waals surface area contributed by atoms with E-state index in [1.54, 1.807) is 0 Å². The third-order valence-corrected chi connectivity index (χ3v) is 15.5. The van der Waals surface area contributed by atoms with Crippen LogP contribution in [0.2, 0.25) is 0 Å². The first-order valence-corrected chi connectivity index (χ1v) is 25.4. The second-order valence-corrected chi connectivity index (χ2v) is 20.5. The molecule has 0 radical (unpaired) electrons. The zero-order valence-corrected chi connectivity index (χ0v) is 38.5. The lowest BCUT2D eigenvalue weighted by molar-refractivity contribution is -0.190. The summed E-state index contributed by atoms with van der Waals surface area (Å²) in [5, 5.41) is 43.7. The molecule has 62 heavy (non-hydrogen) atoms. The van der Waals surface area contributed by atoms with E-state index in [0.29, 0.717) is 56.0 Å². The van der Waals surface area contributed by atoms with Crippen LogP contribution in [0.1, 0.15) is 162 Å². The summed E-state index contributed by atoms with van der Waals surface area (Å²) in [6, 6.07) is 0.204. The van der Waals surface area contributed by atoms with Gasteiger partial charge in [0.15, 0.2) is 5.96 Å². The molecule has 3 aliphatic carbocycles. The summed E-state index contributed by atoms with van der Waals surface area (Å²) in [7, 11) is 0. The van der Waals surface area contributed by atoms with Gasteiger partial charge in [-0.1, -0.05) is 26.2 Å². The van der Waals surface area contributed by atoms with Crippen molar-refractivity contribution < 1.29 is 39.1 Å². The number of nitrogens with two attached hydrogens (primary N) is 2. The number of aliphatic imine (C=N–C) groups is 1. The molecule has 6 rings (SSSR count). The van der Waals surface area contributed by atoms with Gasteiger partial charge in [0, 0.05) is 39.0 Å². The highest BCUT2D eigenvalue weighted by Crippen LogP contribution is 2.42. The minimum Gasteiger partial charge on any atom is -0.462 e. The van der Waals surface area contributed by atoms with Gasteiger partial charge in [-0.2, -0.15) is 0 Å². The number of ether oxygens (including phenoxy) is 4. The molecular formula is C48H88N6O8. The quantitative estimate of drug-likeness (QED) is 0.0358. The van der Waals surface area contributed by atoms with Crippen LogP contribution in [0.15, 0.2) is 4.99 Å². The van der Waals surface area contributed by atoms with E-state index in [2.05, 4.69) is 27.9 Å². The summed E-state index contributed by atoms with van der Waals surface area (Å²) in [4.78, 5) is 17.0. The molecule has 3 aliphatic heterocycles. The van der Waals surface area contributed by atoms with Gasteiger partial charge >= 0.3 is 5.97 Å². The lowest BCUT2D eigenvalue weighted by atomic mass is 9.74. The van der Waals surface area contributed by atoms with E-state index in [4.69, 9.17) is 30.4 Å². The zero-order valence-electron chi connectivity index (χ0n) is 38.5. The third kappa shape index (κ3) is 16.1. The number of hydrogen-bond acceptors (Lipinski definition) is 12. The standard InChI is InChI=1S/C48H88N6O8/c1-3-4-5-11-35(42-28-39(60-31(2)55)29-43(62-42)36-25-41(57)47(58)45(26-36)59-21-17-33-10-7-18-51-30-33)22-34-14-15-40(56)44(23-34)61-38-13-6-12-37(27-38)54-48(50)53-19-8-9-32-16-20-52-46(49)24-32/h32-47,51-52,56-58H,3-30,49H2,1-2H3,(H3,50,53,54). The van der Waals surface area contributed by atoms with Gasteiger partial charge in [-0.05, 0) is 165 Å². The van der Waals surface area contributed by atoms with Gasteiger partial charge in [0.25, 0.3) is 0 Å². The Balaban J connectivity index is 1.03.